The lowest BCUT2D eigenvalue weighted by molar-refractivity contribution is 0.0245. The number of nitrogens with one attached hydrogen (secondary N) is 2. The van der Waals surface area contributed by atoms with Crippen molar-refractivity contribution in [1.29, 1.82) is 0 Å². The fourth-order valence-corrected chi connectivity index (χ4v) is 3.23. The van der Waals surface area contributed by atoms with Gasteiger partial charge in [-0.2, -0.15) is 0 Å². The second-order valence-corrected chi connectivity index (χ2v) is 8.08. The number of likely N-dealkylation sites (tertiary alicyclic amines) is 1. The van der Waals surface area contributed by atoms with Gasteiger partial charge in [-0.1, -0.05) is 0 Å². The molecule has 1 atom stereocenters. The average molecular weight is 391 g/mol. The number of rotatable bonds is 2. The first-order valence-corrected chi connectivity index (χ1v) is 9.75. The molecule has 1 aromatic rings. The number of hydrogen-bond donors (Lipinski definition) is 2. The lowest BCUT2D eigenvalue weighted by Crippen LogP contribution is -2.47. The van der Waals surface area contributed by atoms with Gasteiger partial charge in [-0.25, -0.2) is 9.59 Å². The molecule has 3 rings (SSSR count). The highest BCUT2D eigenvalue weighted by molar-refractivity contribution is 5.90. The monoisotopic (exact) mass is 391 g/mol. The van der Waals surface area contributed by atoms with Crippen molar-refractivity contribution in [2.45, 2.75) is 51.7 Å². The van der Waals surface area contributed by atoms with Gasteiger partial charge in [0, 0.05) is 30.9 Å². The van der Waals surface area contributed by atoms with Crippen LogP contribution in [0.5, 0.6) is 11.5 Å². The number of nitrogens with zero attached hydrogens (tertiary/aromatic N) is 1. The van der Waals surface area contributed by atoms with Crippen LogP contribution in [0.2, 0.25) is 0 Å². The van der Waals surface area contributed by atoms with Gasteiger partial charge in [0.25, 0.3) is 0 Å². The van der Waals surface area contributed by atoms with Gasteiger partial charge in [-0.3, -0.25) is 0 Å². The maximum absolute atomic E-state index is 12.4. The smallest absolute Gasteiger partial charge is 0.410 e. The molecule has 2 aliphatic rings. The first-order valence-electron chi connectivity index (χ1n) is 9.75. The number of benzene rings is 1. The number of carbonyl (C=O) groups excluding carboxylic acids is 2. The molecule has 0 aromatic heterocycles. The molecular formula is C20H29N3O5. The minimum atomic E-state index is -0.540. The summed E-state index contributed by atoms with van der Waals surface area (Å²) in [6.07, 6.45) is 2.30. The van der Waals surface area contributed by atoms with E-state index in [2.05, 4.69) is 10.6 Å². The van der Waals surface area contributed by atoms with Crippen LogP contribution in [0.1, 0.15) is 40.0 Å². The SMILES string of the molecule is CC(C)(C)OC(=O)N1CCCC[C@H](NC(=O)Nc2ccc3c(c2)OCCO3)C1. The maximum Gasteiger partial charge on any atom is 0.410 e. The summed E-state index contributed by atoms with van der Waals surface area (Å²) in [7, 11) is 0. The Morgan fingerprint density at radius 2 is 1.89 bits per heavy atom. The zero-order valence-corrected chi connectivity index (χ0v) is 16.7. The normalized spacial score (nSPS) is 19.4. The van der Waals surface area contributed by atoms with Crippen LogP contribution in [0.3, 0.4) is 0 Å². The van der Waals surface area contributed by atoms with E-state index >= 15 is 0 Å². The molecule has 8 nitrogen and oxygen atoms in total. The predicted molar refractivity (Wildman–Crippen MR) is 105 cm³/mol. The Labute approximate surface area is 165 Å². The van der Waals surface area contributed by atoms with Crippen molar-refractivity contribution in [2.75, 3.05) is 31.6 Å². The predicted octanol–water partition coefficient (Wildman–Crippen LogP) is 3.37. The highest BCUT2D eigenvalue weighted by Gasteiger charge is 2.27. The molecule has 2 N–H and O–H groups in total. The summed E-state index contributed by atoms with van der Waals surface area (Å²) in [4.78, 5) is 26.5. The molecule has 154 valence electrons. The van der Waals surface area contributed by atoms with Gasteiger partial charge >= 0.3 is 12.1 Å². The molecule has 0 aliphatic carbocycles. The number of carbonyl (C=O) groups is 2. The number of fused-ring (bicyclic) bond motifs is 1. The average Bonchev–Trinajstić information content (AvgIpc) is 2.86. The summed E-state index contributed by atoms with van der Waals surface area (Å²) < 4.78 is 16.5. The van der Waals surface area contributed by atoms with E-state index in [1.54, 1.807) is 23.1 Å². The van der Waals surface area contributed by atoms with Crippen molar-refractivity contribution >= 4 is 17.8 Å². The minimum Gasteiger partial charge on any atom is -0.486 e. The number of urea groups is 1. The van der Waals surface area contributed by atoms with Crippen molar-refractivity contribution in [3.8, 4) is 11.5 Å². The Balaban J connectivity index is 1.56. The third-order valence-corrected chi connectivity index (χ3v) is 4.46. The highest BCUT2D eigenvalue weighted by atomic mass is 16.6. The first-order chi connectivity index (χ1) is 13.3. The summed E-state index contributed by atoms with van der Waals surface area (Å²) in [6, 6.07) is 4.85. The molecule has 8 heteroatoms. The summed E-state index contributed by atoms with van der Waals surface area (Å²) >= 11 is 0. The van der Waals surface area contributed by atoms with E-state index in [1.807, 2.05) is 20.8 Å². The molecule has 0 spiro atoms. The van der Waals surface area contributed by atoms with E-state index in [0.717, 1.165) is 19.3 Å². The maximum atomic E-state index is 12.4. The van der Waals surface area contributed by atoms with Crippen molar-refractivity contribution in [3.05, 3.63) is 18.2 Å². The fraction of sp³-hybridized carbons (Fsp3) is 0.600. The molecule has 3 amide bonds. The lowest BCUT2D eigenvalue weighted by atomic mass is 10.1. The number of hydrogen-bond acceptors (Lipinski definition) is 5. The molecule has 1 aromatic carbocycles. The third-order valence-electron chi connectivity index (χ3n) is 4.46. The van der Waals surface area contributed by atoms with Gasteiger partial charge in [0.05, 0.1) is 0 Å². The molecule has 1 saturated heterocycles. The van der Waals surface area contributed by atoms with Crippen LogP contribution in [-0.4, -0.2) is 55.0 Å². The molecule has 28 heavy (non-hydrogen) atoms. The van der Waals surface area contributed by atoms with Crippen LogP contribution in [0.4, 0.5) is 15.3 Å². The fourth-order valence-electron chi connectivity index (χ4n) is 3.23. The van der Waals surface area contributed by atoms with E-state index in [9.17, 15) is 9.59 Å². The van der Waals surface area contributed by atoms with Gasteiger partial charge in [-0.05, 0) is 52.2 Å². The summed E-state index contributed by atoms with van der Waals surface area (Å²) in [5.41, 5.74) is 0.0847. The Morgan fingerprint density at radius 3 is 2.64 bits per heavy atom. The molecule has 0 saturated carbocycles. The van der Waals surface area contributed by atoms with Crippen LogP contribution >= 0.6 is 0 Å². The Hall–Kier alpha value is -2.64. The van der Waals surface area contributed by atoms with E-state index in [1.165, 1.54) is 0 Å². The number of ether oxygens (including phenoxy) is 3. The molecule has 2 aliphatic heterocycles. The second kappa shape index (κ2) is 8.58. The second-order valence-electron chi connectivity index (χ2n) is 8.08. The molecule has 0 bridgehead atoms. The Kier molecular flexibility index (Phi) is 6.16. The zero-order chi connectivity index (χ0) is 20.1. The minimum absolute atomic E-state index is 0.132. The summed E-state index contributed by atoms with van der Waals surface area (Å²) in [5, 5.41) is 5.79. The van der Waals surface area contributed by atoms with Gasteiger partial charge in [0.1, 0.15) is 18.8 Å². The van der Waals surface area contributed by atoms with Gasteiger partial charge < -0.3 is 29.7 Å². The van der Waals surface area contributed by atoms with Crippen LogP contribution in [-0.2, 0) is 4.74 Å². The first kappa shape index (κ1) is 20.1. The standard InChI is InChI=1S/C20H29N3O5/c1-20(2,3)28-19(25)23-9-5-4-6-15(13-23)22-18(24)21-14-7-8-16-17(12-14)27-11-10-26-16/h7-8,12,15H,4-6,9-11,13H2,1-3H3,(H2,21,22,24)/t15-/m0/s1. The Bertz CT molecular complexity index is 716. The van der Waals surface area contributed by atoms with E-state index < -0.39 is 5.60 Å². The molecule has 2 heterocycles. The molecule has 0 radical (unpaired) electrons. The van der Waals surface area contributed by atoms with Crippen molar-refractivity contribution in [2.24, 2.45) is 0 Å². The van der Waals surface area contributed by atoms with E-state index in [0.29, 0.717) is 43.5 Å². The van der Waals surface area contributed by atoms with E-state index in [-0.39, 0.29) is 18.2 Å². The highest BCUT2D eigenvalue weighted by Crippen LogP contribution is 2.32. The van der Waals surface area contributed by atoms with Gasteiger partial charge in [0.2, 0.25) is 0 Å². The van der Waals surface area contributed by atoms with Crippen molar-refractivity contribution in [1.82, 2.24) is 10.2 Å². The molecule has 0 unspecified atom stereocenters. The van der Waals surface area contributed by atoms with Gasteiger partial charge in [0.15, 0.2) is 11.5 Å². The van der Waals surface area contributed by atoms with Crippen LogP contribution in [0.25, 0.3) is 0 Å². The summed E-state index contributed by atoms with van der Waals surface area (Å²) in [6.45, 7) is 7.62. The van der Waals surface area contributed by atoms with Gasteiger partial charge in [-0.15, -0.1) is 0 Å². The number of amides is 3. The summed E-state index contributed by atoms with van der Waals surface area (Å²) in [5.74, 6) is 1.29. The molecule has 1 fully saturated rings. The third kappa shape index (κ3) is 5.68. The lowest BCUT2D eigenvalue weighted by Gasteiger charge is -2.28. The van der Waals surface area contributed by atoms with E-state index in [4.69, 9.17) is 14.2 Å². The van der Waals surface area contributed by atoms with Crippen LogP contribution < -0.4 is 20.1 Å². The zero-order valence-electron chi connectivity index (χ0n) is 16.7. The largest absolute Gasteiger partial charge is 0.486 e. The van der Waals surface area contributed by atoms with Crippen molar-refractivity contribution in [3.63, 3.8) is 0 Å². The number of anilines is 1. The molecular weight excluding hydrogens is 362 g/mol. The van der Waals surface area contributed by atoms with Crippen molar-refractivity contribution < 1.29 is 23.8 Å². The topological polar surface area (TPSA) is 89.1 Å². The Morgan fingerprint density at radius 1 is 1.14 bits per heavy atom. The quantitative estimate of drug-likeness (QED) is 0.807. The van der Waals surface area contributed by atoms with Crippen LogP contribution in [0, 0.1) is 0 Å². The van der Waals surface area contributed by atoms with Crippen LogP contribution in [0.15, 0.2) is 18.2 Å².